The molecule has 0 aliphatic carbocycles. The molecule has 1 atom stereocenters. The van der Waals surface area contributed by atoms with Gasteiger partial charge in [-0.2, -0.15) is 5.26 Å². The molecule has 1 aromatic heterocycles. The van der Waals surface area contributed by atoms with Crippen LogP contribution >= 0.6 is 0 Å². The van der Waals surface area contributed by atoms with E-state index in [0.29, 0.717) is 33.8 Å². The summed E-state index contributed by atoms with van der Waals surface area (Å²) in [4.78, 5) is 27.7. The number of nitrogens with one attached hydrogen (secondary N) is 1. The zero-order valence-corrected chi connectivity index (χ0v) is 14.7. The zero-order valence-electron chi connectivity index (χ0n) is 14.7. The molecule has 0 spiro atoms. The van der Waals surface area contributed by atoms with Crippen LogP contribution in [0.5, 0.6) is 5.75 Å². The van der Waals surface area contributed by atoms with Crippen LogP contribution in [0, 0.1) is 25.2 Å². The molecule has 0 aliphatic rings. The number of ketones is 1. The minimum Gasteiger partial charge on any atom is -0.483 e. The highest BCUT2D eigenvalue weighted by Crippen LogP contribution is 2.22. The van der Waals surface area contributed by atoms with E-state index in [4.69, 9.17) is 14.7 Å². The van der Waals surface area contributed by atoms with Gasteiger partial charge in [-0.1, -0.05) is 0 Å². The van der Waals surface area contributed by atoms with Crippen LogP contribution < -0.4 is 4.74 Å². The average molecular weight is 340 g/mol. The Morgan fingerprint density at radius 3 is 2.44 bits per heavy atom. The number of carbonyl (C=O) groups excluding carboxylic acids is 2. The van der Waals surface area contributed by atoms with E-state index in [0.717, 1.165) is 0 Å². The van der Waals surface area contributed by atoms with Gasteiger partial charge in [0.05, 0.1) is 29.5 Å². The first kappa shape index (κ1) is 18.3. The van der Waals surface area contributed by atoms with E-state index in [-0.39, 0.29) is 12.4 Å². The Morgan fingerprint density at radius 2 is 1.88 bits per heavy atom. The summed E-state index contributed by atoms with van der Waals surface area (Å²) in [6.45, 7) is 7.07. The van der Waals surface area contributed by atoms with Gasteiger partial charge in [0.2, 0.25) is 5.78 Å². The van der Waals surface area contributed by atoms with Crippen LogP contribution in [0.25, 0.3) is 0 Å². The third kappa shape index (κ3) is 3.89. The van der Waals surface area contributed by atoms with Gasteiger partial charge < -0.3 is 14.5 Å². The van der Waals surface area contributed by atoms with Crippen LogP contribution in [0.15, 0.2) is 24.3 Å². The molecule has 0 saturated heterocycles. The number of Topliss-reactive ketones (excluding diaryl/α,β-unsaturated/α-hetero) is 1. The molecule has 0 aliphatic heterocycles. The van der Waals surface area contributed by atoms with Crippen molar-refractivity contribution in [2.24, 2.45) is 0 Å². The van der Waals surface area contributed by atoms with Gasteiger partial charge in [0.25, 0.3) is 0 Å². The lowest BCUT2D eigenvalue weighted by molar-refractivity contribution is 0.0525. The standard InChI is InChI=1S/C19H20N2O4/c1-5-24-19(23)16-11(2)17(21-12(16)3)18(22)13(4)25-15-8-6-14(10-20)7-9-15/h6-9,13,21H,5H2,1-4H3. The van der Waals surface area contributed by atoms with E-state index in [9.17, 15) is 9.59 Å². The zero-order chi connectivity index (χ0) is 18.6. The lowest BCUT2D eigenvalue weighted by Crippen LogP contribution is -2.25. The SMILES string of the molecule is CCOC(=O)c1c(C)[nH]c(C(=O)C(C)Oc2ccc(C#N)cc2)c1C. The topological polar surface area (TPSA) is 92.2 Å². The molecule has 1 aromatic carbocycles. The molecule has 6 heteroatoms. The minimum atomic E-state index is -0.750. The number of hydrogen-bond donors (Lipinski definition) is 1. The molecule has 0 amide bonds. The second-order valence-corrected chi connectivity index (χ2v) is 5.61. The molecule has 25 heavy (non-hydrogen) atoms. The predicted octanol–water partition coefficient (Wildman–Crippen LogP) is 3.33. The molecule has 130 valence electrons. The summed E-state index contributed by atoms with van der Waals surface area (Å²) in [5.41, 5.74) is 2.37. The minimum absolute atomic E-state index is 0.263. The Labute approximate surface area is 146 Å². The largest absolute Gasteiger partial charge is 0.483 e. The first-order valence-corrected chi connectivity index (χ1v) is 7.96. The number of aromatic amines is 1. The smallest absolute Gasteiger partial charge is 0.340 e. The van der Waals surface area contributed by atoms with Crippen LogP contribution in [0.1, 0.15) is 51.5 Å². The molecule has 2 aromatic rings. The van der Waals surface area contributed by atoms with E-state index >= 15 is 0 Å². The highest BCUT2D eigenvalue weighted by molar-refractivity contribution is 6.03. The van der Waals surface area contributed by atoms with Crippen LogP contribution in [-0.2, 0) is 4.74 Å². The van der Waals surface area contributed by atoms with Gasteiger partial charge in [-0.3, -0.25) is 4.79 Å². The maximum Gasteiger partial charge on any atom is 0.340 e. The Morgan fingerprint density at radius 1 is 1.24 bits per heavy atom. The number of rotatable bonds is 6. The van der Waals surface area contributed by atoms with Gasteiger partial charge in [0.1, 0.15) is 5.75 Å². The second-order valence-electron chi connectivity index (χ2n) is 5.61. The lowest BCUT2D eigenvalue weighted by Gasteiger charge is -2.13. The summed E-state index contributed by atoms with van der Waals surface area (Å²) < 4.78 is 10.7. The molecular formula is C19H20N2O4. The number of nitrogens with zero attached hydrogens (tertiary/aromatic N) is 1. The van der Waals surface area contributed by atoms with Crippen molar-refractivity contribution in [1.82, 2.24) is 4.98 Å². The molecule has 1 unspecified atom stereocenters. The number of aryl methyl sites for hydroxylation is 1. The van der Waals surface area contributed by atoms with Gasteiger partial charge in [-0.25, -0.2) is 4.79 Å². The van der Waals surface area contributed by atoms with E-state index in [1.165, 1.54) is 0 Å². The molecule has 0 radical (unpaired) electrons. The van der Waals surface area contributed by atoms with E-state index in [1.807, 2.05) is 6.07 Å². The van der Waals surface area contributed by atoms with Crippen molar-refractivity contribution < 1.29 is 19.1 Å². The number of benzene rings is 1. The van der Waals surface area contributed by atoms with Crippen LogP contribution in [0.3, 0.4) is 0 Å². The van der Waals surface area contributed by atoms with Crippen molar-refractivity contribution in [1.29, 1.82) is 5.26 Å². The fourth-order valence-electron chi connectivity index (χ4n) is 2.57. The van der Waals surface area contributed by atoms with Crippen molar-refractivity contribution in [3.8, 4) is 11.8 Å². The molecule has 0 fully saturated rings. The van der Waals surface area contributed by atoms with E-state index in [1.54, 1.807) is 52.0 Å². The molecule has 1 N–H and O–H groups in total. The predicted molar refractivity (Wildman–Crippen MR) is 91.8 cm³/mol. The number of carbonyl (C=O) groups is 2. The molecule has 2 rings (SSSR count). The summed E-state index contributed by atoms with van der Waals surface area (Å²) >= 11 is 0. The van der Waals surface area contributed by atoms with Gasteiger partial charge >= 0.3 is 5.97 Å². The summed E-state index contributed by atoms with van der Waals surface area (Å²) in [6, 6.07) is 8.54. The summed E-state index contributed by atoms with van der Waals surface area (Å²) in [6.07, 6.45) is -0.750. The van der Waals surface area contributed by atoms with Gasteiger partial charge in [0, 0.05) is 5.69 Å². The second kappa shape index (κ2) is 7.67. The molecule has 1 heterocycles. The number of esters is 1. The molecule has 0 saturated carbocycles. The normalized spacial score (nSPS) is 11.5. The van der Waals surface area contributed by atoms with Crippen molar-refractivity contribution >= 4 is 11.8 Å². The number of aromatic nitrogens is 1. The first-order valence-electron chi connectivity index (χ1n) is 7.96. The van der Waals surface area contributed by atoms with E-state index < -0.39 is 12.1 Å². The van der Waals surface area contributed by atoms with Crippen molar-refractivity contribution in [2.45, 2.75) is 33.8 Å². The maximum atomic E-state index is 12.7. The molecular weight excluding hydrogens is 320 g/mol. The fourth-order valence-corrected chi connectivity index (χ4v) is 2.57. The average Bonchev–Trinajstić information content (AvgIpc) is 2.89. The summed E-state index contributed by atoms with van der Waals surface area (Å²) in [5, 5.41) is 8.80. The monoisotopic (exact) mass is 340 g/mol. The van der Waals surface area contributed by atoms with Gasteiger partial charge in [0.15, 0.2) is 6.10 Å². The van der Waals surface area contributed by atoms with E-state index in [2.05, 4.69) is 4.98 Å². The highest BCUT2D eigenvalue weighted by Gasteiger charge is 2.26. The number of nitriles is 1. The van der Waals surface area contributed by atoms with Crippen molar-refractivity contribution in [2.75, 3.05) is 6.61 Å². The highest BCUT2D eigenvalue weighted by atomic mass is 16.5. The Balaban J connectivity index is 2.20. The summed E-state index contributed by atoms with van der Waals surface area (Å²) in [7, 11) is 0. The Bertz CT molecular complexity index is 828. The number of ether oxygens (including phenoxy) is 2. The first-order chi connectivity index (χ1) is 11.9. The van der Waals surface area contributed by atoms with Crippen LogP contribution in [-0.4, -0.2) is 29.4 Å². The molecule has 6 nitrogen and oxygen atoms in total. The van der Waals surface area contributed by atoms with Crippen molar-refractivity contribution in [3.63, 3.8) is 0 Å². The molecule has 0 bridgehead atoms. The quantitative estimate of drug-likeness (QED) is 0.643. The summed E-state index contributed by atoms with van der Waals surface area (Å²) in [5.74, 6) is -0.222. The van der Waals surface area contributed by atoms with Gasteiger partial charge in [-0.05, 0) is 57.5 Å². The maximum absolute atomic E-state index is 12.7. The van der Waals surface area contributed by atoms with Crippen LogP contribution in [0.4, 0.5) is 0 Å². The third-order valence-corrected chi connectivity index (χ3v) is 3.83. The third-order valence-electron chi connectivity index (χ3n) is 3.83. The number of H-pyrrole nitrogens is 1. The lowest BCUT2D eigenvalue weighted by atomic mass is 10.1. The fraction of sp³-hybridized carbons (Fsp3) is 0.316. The van der Waals surface area contributed by atoms with Crippen molar-refractivity contribution in [3.05, 3.63) is 52.3 Å². The Kier molecular flexibility index (Phi) is 5.60. The van der Waals surface area contributed by atoms with Crippen LogP contribution in [0.2, 0.25) is 0 Å². The Hall–Kier alpha value is -3.07. The number of hydrogen-bond acceptors (Lipinski definition) is 5. The van der Waals surface area contributed by atoms with Gasteiger partial charge in [-0.15, -0.1) is 0 Å².